The minimum Gasteiger partial charge on any atom is -0.388 e. The topological polar surface area (TPSA) is 33.1 Å². The number of rotatable bonds is 3. The van der Waals surface area contributed by atoms with E-state index >= 15 is 0 Å². The number of benzene rings is 2. The standard InChI is InChI=1S/C17H13FINO/c18-12-5-6-14(15(19)10-12)17(21)9-11-7-8-20-16-4-2-1-3-13(11)16/h1-8,10,17,21H,9H2. The molecule has 0 saturated carbocycles. The lowest BCUT2D eigenvalue weighted by Gasteiger charge is -2.14. The summed E-state index contributed by atoms with van der Waals surface area (Å²) in [5.41, 5.74) is 2.70. The Morgan fingerprint density at radius 3 is 2.76 bits per heavy atom. The quantitative estimate of drug-likeness (QED) is 0.675. The van der Waals surface area contributed by atoms with Crippen molar-refractivity contribution in [1.82, 2.24) is 4.98 Å². The van der Waals surface area contributed by atoms with Gasteiger partial charge in [-0.15, -0.1) is 0 Å². The first kappa shape index (κ1) is 14.4. The van der Waals surface area contributed by atoms with Gasteiger partial charge in [-0.3, -0.25) is 4.98 Å². The third-order valence-electron chi connectivity index (χ3n) is 3.47. The van der Waals surface area contributed by atoms with E-state index < -0.39 is 6.10 Å². The monoisotopic (exact) mass is 393 g/mol. The fraction of sp³-hybridized carbons (Fsp3) is 0.118. The molecular formula is C17H13FINO. The number of aliphatic hydroxyl groups excluding tert-OH is 1. The number of hydrogen-bond donors (Lipinski definition) is 1. The Bertz CT molecular complexity index is 785. The van der Waals surface area contributed by atoms with E-state index in [4.69, 9.17) is 0 Å². The predicted octanol–water partition coefficient (Wildman–Crippen LogP) is 4.25. The van der Waals surface area contributed by atoms with Gasteiger partial charge in [0, 0.05) is 21.6 Å². The lowest BCUT2D eigenvalue weighted by molar-refractivity contribution is 0.178. The molecule has 1 N–H and O–H groups in total. The largest absolute Gasteiger partial charge is 0.388 e. The molecule has 0 spiro atoms. The number of nitrogens with zero attached hydrogens (tertiary/aromatic N) is 1. The highest BCUT2D eigenvalue weighted by molar-refractivity contribution is 14.1. The summed E-state index contributed by atoms with van der Waals surface area (Å²) in [7, 11) is 0. The number of halogens is 2. The van der Waals surface area contributed by atoms with Crippen LogP contribution in [-0.2, 0) is 6.42 Å². The molecule has 0 aliphatic heterocycles. The second-order valence-corrected chi connectivity index (χ2v) is 6.04. The van der Waals surface area contributed by atoms with E-state index in [1.165, 1.54) is 12.1 Å². The van der Waals surface area contributed by atoms with Crippen molar-refractivity contribution >= 4 is 33.5 Å². The smallest absolute Gasteiger partial charge is 0.124 e. The molecule has 1 aromatic heterocycles. The Hall–Kier alpha value is -1.53. The van der Waals surface area contributed by atoms with Crippen molar-refractivity contribution < 1.29 is 9.50 Å². The van der Waals surface area contributed by atoms with Crippen LogP contribution in [0.15, 0.2) is 54.7 Å². The van der Waals surface area contributed by atoms with Gasteiger partial charge in [-0.25, -0.2) is 4.39 Å². The number of hydrogen-bond acceptors (Lipinski definition) is 2. The fourth-order valence-corrected chi connectivity index (χ4v) is 3.26. The average Bonchev–Trinajstić information content (AvgIpc) is 2.47. The third-order valence-corrected chi connectivity index (χ3v) is 4.41. The van der Waals surface area contributed by atoms with Gasteiger partial charge >= 0.3 is 0 Å². The van der Waals surface area contributed by atoms with Crippen molar-refractivity contribution in [2.45, 2.75) is 12.5 Å². The first-order chi connectivity index (χ1) is 10.1. The van der Waals surface area contributed by atoms with Gasteiger partial charge in [-0.05, 0) is 58.0 Å². The Labute approximate surface area is 135 Å². The minimum atomic E-state index is -0.664. The SMILES string of the molecule is OC(Cc1ccnc2ccccc12)c1ccc(F)cc1I. The second kappa shape index (κ2) is 6.07. The van der Waals surface area contributed by atoms with Crippen LogP contribution in [0.25, 0.3) is 10.9 Å². The van der Waals surface area contributed by atoms with Crippen LogP contribution < -0.4 is 0 Å². The molecular weight excluding hydrogens is 380 g/mol. The highest BCUT2D eigenvalue weighted by Gasteiger charge is 2.14. The van der Waals surface area contributed by atoms with Crippen LogP contribution in [0, 0.1) is 9.39 Å². The van der Waals surface area contributed by atoms with Gasteiger partial charge in [-0.2, -0.15) is 0 Å². The molecule has 2 nitrogen and oxygen atoms in total. The van der Waals surface area contributed by atoms with Gasteiger partial charge in [0.2, 0.25) is 0 Å². The molecule has 0 aliphatic rings. The van der Waals surface area contributed by atoms with Crippen molar-refractivity contribution in [1.29, 1.82) is 0 Å². The second-order valence-electron chi connectivity index (χ2n) is 4.87. The maximum absolute atomic E-state index is 13.2. The molecule has 3 rings (SSSR count). The van der Waals surface area contributed by atoms with E-state index in [2.05, 4.69) is 4.98 Å². The lowest BCUT2D eigenvalue weighted by Crippen LogP contribution is -2.05. The summed E-state index contributed by atoms with van der Waals surface area (Å²) in [6, 6.07) is 14.2. The van der Waals surface area contributed by atoms with E-state index in [9.17, 15) is 9.50 Å². The molecule has 1 atom stereocenters. The van der Waals surface area contributed by atoms with Crippen LogP contribution in [0.1, 0.15) is 17.2 Å². The molecule has 0 bridgehead atoms. The number of para-hydroxylation sites is 1. The summed E-state index contributed by atoms with van der Waals surface area (Å²) in [5.74, 6) is -0.287. The summed E-state index contributed by atoms with van der Waals surface area (Å²) in [4.78, 5) is 4.32. The molecule has 4 heteroatoms. The molecule has 106 valence electrons. The lowest BCUT2D eigenvalue weighted by atomic mass is 9.99. The summed E-state index contributed by atoms with van der Waals surface area (Å²) >= 11 is 2.05. The molecule has 0 saturated heterocycles. The zero-order chi connectivity index (χ0) is 14.8. The predicted molar refractivity (Wildman–Crippen MR) is 89.5 cm³/mol. The Kier molecular flexibility index (Phi) is 4.17. The van der Waals surface area contributed by atoms with Crippen LogP contribution in [0.5, 0.6) is 0 Å². The van der Waals surface area contributed by atoms with Crippen molar-refractivity contribution in [3.05, 3.63) is 75.2 Å². The molecule has 0 amide bonds. The Balaban J connectivity index is 1.94. The summed E-state index contributed by atoms with van der Waals surface area (Å²) in [6.45, 7) is 0. The van der Waals surface area contributed by atoms with Gasteiger partial charge in [0.15, 0.2) is 0 Å². The molecule has 3 aromatic rings. The van der Waals surface area contributed by atoms with Crippen LogP contribution in [0.3, 0.4) is 0 Å². The normalized spacial score (nSPS) is 12.5. The van der Waals surface area contributed by atoms with E-state index in [0.29, 0.717) is 6.42 Å². The van der Waals surface area contributed by atoms with Crippen LogP contribution in [0.4, 0.5) is 4.39 Å². The fourth-order valence-electron chi connectivity index (χ4n) is 2.42. The van der Waals surface area contributed by atoms with Crippen molar-refractivity contribution in [2.75, 3.05) is 0 Å². The Morgan fingerprint density at radius 2 is 1.95 bits per heavy atom. The Morgan fingerprint density at radius 1 is 1.14 bits per heavy atom. The number of pyridine rings is 1. The third kappa shape index (κ3) is 3.06. The molecule has 0 radical (unpaired) electrons. The van der Waals surface area contributed by atoms with Gasteiger partial charge < -0.3 is 5.11 Å². The summed E-state index contributed by atoms with van der Waals surface area (Å²) in [6.07, 6.45) is 1.56. The number of aromatic nitrogens is 1. The first-order valence-corrected chi connectivity index (χ1v) is 7.68. The van der Waals surface area contributed by atoms with Crippen molar-refractivity contribution in [2.24, 2.45) is 0 Å². The van der Waals surface area contributed by atoms with Gasteiger partial charge in [0.05, 0.1) is 11.6 Å². The van der Waals surface area contributed by atoms with Crippen LogP contribution >= 0.6 is 22.6 Å². The first-order valence-electron chi connectivity index (χ1n) is 6.61. The number of aliphatic hydroxyl groups is 1. The maximum Gasteiger partial charge on any atom is 0.124 e. The zero-order valence-electron chi connectivity index (χ0n) is 11.1. The van der Waals surface area contributed by atoms with E-state index in [-0.39, 0.29) is 5.82 Å². The molecule has 21 heavy (non-hydrogen) atoms. The molecule has 2 aromatic carbocycles. The molecule has 0 aliphatic carbocycles. The summed E-state index contributed by atoms with van der Waals surface area (Å²) in [5, 5.41) is 11.5. The summed E-state index contributed by atoms with van der Waals surface area (Å²) < 4.78 is 13.9. The highest BCUT2D eigenvalue weighted by Crippen LogP contribution is 2.26. The average molecular weight is 393 g/mol. The van der Waals surface area contributed by atoms with Crippen molar-refractivity contribution in [3.8, 4) is 0 Å². The van der Waals surface area contributed by atoms with Gasteiger partial charge in [0.25, 0.3) is 0 Å². The van der Waals surface area contributed by atoms with E-state index in [0.717, 1.165) is 25.6 Å². The maximum atomic E-state index is 13.2. The van der Waals surface area contributed by atoms with E-state index in [1.54, 1.807) is 12.3 Å². The van der Waals surface area contributed by atoms with Gasteiger partial charge in [0.1, 0.15) is 5.82 Å². The molecule has 1 unspecified atom stereocenters. The van der Waals surface area contributed by atoms with Crippen LogP contribution in [0.2, 0.25) is 0 Å². The zero-order valence-corrected chi connectivity index (χ0v) is 13.3. The minimum absolute atomic E-state index is 0.287. The van der Waals surface area contributed by atoms with Crippen LogP contribution in [-0.4, -0.2) is 10.1 Å². The van der Waals surface area contributed by atoms with Gasteiger partial charge in [-0.1, -0.05) is 24.3 Å². The number of fused-ring (bicyclic) bond motifs is 1. The molecule has 0 fully saturated rings. The van der Waals surface area contributed by atoms with Crippen molar-refractivity contribution in [3.63, 3.8) is 0 Å². The highest BCUT2D eigenvalue weighted by atomic mass is 127. The van der Waals surface area contributed by atoms with E-state index in [1.807, 2.05) is 52.9 Å². The molecule has 1 heterocycles.